The van der Waals surface area contributed by atoms with Crippen LogP contribution in [0.25, 0.3) is 0 Å². The molecule has 33 heavy (non-hydrogen) atoms. The van der Waals surface area contributed by atoms with Crippen molar-refractivity contribution in [2.75, 3.05) is 13.6 Å². The van der Waals surface area contributed by atoms with Gasteiger partial charge in [0.1, 0.15) is 6.04 Å². The molecule has 0 spiro atoms. The van der Waals surface area contributed by atoms with Crippen LogP contribution in [0.1, 0.15) is 116 Å². The Hall–Kier alpha value is -1.82. The standard InChI is InChI=1S/C18H34O2.C9H18N2O2/c1-2-3-4-5-6-7-8-9-10-11-12-13-14-15-16-17-18(19)20;1-3-11(2)8(9(12)13)6-4-5-7-10/h9-10H,2-8,11-17H2,1H3,(H,19,20);3,8H,1,4-7,10H2,2H3,(H,12,13)/b10-9-;. The van der Waals surface area contributed by atoms with Crippen LogP contribution in [-0.2, 0) is 9.59 Å². The number of carbonyl (C=O) groups is 2. The van der Waals surface area contributed by atoms with Gasteiger partial charge < -0.3 is 20.8 Å². The molecule has 0 amide bonds. The highest BCUT2D eigenvalue weighted by atomic mass is 16.4. The molecular formula is C27H52N2O4. The zero-order chi connectivity index (χ0) is 25.2. The lowest BCUT2D eigenvalue weighted by atomic mass is 10.1. The fraction of sp³-hybridized carbons (Fsp3) is 0.778. The number of nitrogens with two attached hydrogens (primary N) is 1. The summed E-state index contributed by atoms with van der Waals surface area (Å²) in [5, 5.41) is 17.4. The van der Waals surface area contributed by atoms with Gasteiger partial charge in [-0.15, -0.1) is 0 Å². The summed E-state index contributed by atoms with van der Waals surface area (Å²) in [6.07, 6.45) is 25.1. The van der Waals surface area contributed by atoms with Gasteiger partial charge in [0.15, 0.2) is 0 Å². The Morgan fingerprint density at radius 3 is 1.82 bits per heavy atom. The van der Waals surface area contributed by atoms with Gasteiger partial charge >= 0.3 is 11.9 Å². The fourth-order valence-electron chi connectivity index (χ4n) is 3.46. The topological polar surface area (TPSA) is 104 Å². The Labute approximate surface area is 203 Å². The molecule has 6 nitrogen and oxygen atoms in total. The van der Waals surface area contributed by atoms with Crippen LogP contribution in [0.15, 0.2) is 24.9 Å². The average molecular weight is 469 g/mol. The smallest absolute Gasteiger partial charge is 0.326 e. The fourth-order valence-corrected chi connectivity index (χ4v) is 3.46. The second-order valence-electron chi connectivity index (χ2n) is 8.71. The Morgan fingerprint density at radius 1 is 0.848 bits per heavy atom. The van der Waals surface area contributed by atoms with Crippen molar-refractivity contribution in [2.45, 2.75) is 122 Å². The first-order chi connectivity index (χ1) is 15.9. The van der Waals surface area contributed by atoms with Crippen molar-refractivity contribution < 1.29 is 19.8 Å². The zero-order valence-electron chi connectivity index (χ0n) is 21.5. The van der Waals surface area contributed by atoms with Crippen molar-refractivity contribution in [1.29, 1.82) is 0 Å². The maximum Gasteiger partial charge on any atom is 0.326 e. The summed E-state index contributed by atoms with van der Waals surface area (Å²) in [7, 11) is 1.72. The van der Waals surface area contributed by atoms with Gasteiger partial charge in [0.2, 0.25) is 0 Å². The highest BCUT2D eigenvalue weighted by Crippen LogP contribution is 2.10. The Balaban J connectivity index is 0. The first-order valence-corrected chi connectivity index (χ1v) is 13.0. The maximum atomic E-state index is 10.8. The lowest BCUT2D eigenvalue weighted by Crippen LogP contribution is -2.34. The van der Waals surface area contributed by atoms with Crippen molar-refractivity contribution in [3.8, 4) is 0 Å². The number of hydrogen-bond donors (Lipinski definition) is 3. The van der Waals surface area contributed by atoms with Crippen LogP contribution in [0.5, 0.6) is 0 Å². The van der Waals surface area contributed by atoms with Gasteiger partial charge in [-0.25, -0.2) is 4.79 Å². The summed E-state index contributed by atoms with van der Waals surface area (Å²) in [5.41, 5.74) is 5.32. The van der Waals surface area contributed by atoms with Crippen molar-refractivity contribution in [1.82, 2.24) is 4.90 Å². The van der Waals surface area contributed by atoms with Gasteiger partial charge in [0.25, 0.3) is 0 Å². The van der Waals surface area contributed by atoms with E-state index in [0.29, 0.717) is 19.4 Å². The normalized spacial score (nSPS) is 11.6. The summed E-state index contributed by atoms with van der Waals surface area (Å²) in [6.45, 7) is 6.40. The van der Waals surface area contributed by atoms with Crippen molar-refractivity contribution >= 4 is 11.9 Å². The molecule has 0 bridgehead atoms. The molecule has 0 aliphatic heterocycles. The zero-order valence-corrected chi connectivity index (χ0v) is 21.5. The van der Waals surface area contributed by atoms with Crippen LogP contribution in [0.2, 0.25) is 0 Å². The molecule has 6 heteroatoms. The Bertz CT molecular complexity index is 495. The third-order valence-corrected chi connectivity index (χ3v) is 5.65. The highest BCUT2D eigenvalue weighted by molar-refractivity contribution is 5.73. The lowest BCUT2D eigenvalue weighted by molar-refractivity contribution is -0.142. The van der Waals surface area contributed by atoms with E-state index in [1.807, 2.05) is 0 Å². The minimum Gasteiger partial charge on any atom is -0.481 e. The van der Waals surface area contributed by atoms with Crippen LogP contribution in [0.4, 0.5) is 0 Å². The van der Waals surface area contributed by atoms with E-state index >= 15 is 0 Å². The number of allylic oxidation sites excluding steroid dienone is 2. The Kier molecular flexibility index (Phi) is 26.7. The van der Waals surface area contributed by atoms with Crippen LogP contribution < -0.4 is 5.73 Å². The van der Waals surface area contributed by atoms with E-state index in [-0.39, 0.29) is 0 Å². The van der Waals surface area contributed by atoms with E-state index in [9.17, 15) is 9.59 Å². The molecule has 1 unspecified atom stereocenters. The van der Waals surface area contributed by atoms with Crippen LogP contribution in [0.3, 0.4) is 0 Å². The van der Waals surface area contributed by atoms with E-state index in [1.54, 1.807) is 11.9 Å². The summed E-state index contributed by atoms with van der Waals surface area (Å²) in [6, 6.07) is -0.468. The van der Waals surface area contributed by atoms with Crippen LogP contribution >= 0.6 is 0 Å². The quantitative estimate of drug-likeness (QED) is 0.120. The van der Waals surface area contributed by atoms with E-state index < -0.39 is 18.0 Å². The van der Waals surface area contributed by atoms with Gasteiger partial charge in [0.05, 0.1) is 0 Å². The van der Waals surface area contributed by atoms with Crippen LogP contribution in [-0.4, -0.2) is 46.7 Å². The second kappa shape index (κ2) is 26.4. The summed E-state index contributed by atoms with van der Waals surface area (Å²) in [4.78, 5) is 22.7. The molecule has 0 aromatic rings. The third-order valence-electron chi connectivity index (χ3n) is 5.65. The molecule has 0 aliphatic carbocycles. The number of carboxylic acids is 2. The molecule has 0 heterocycles. The molecule has 0 saturated heterocycles. The molecule has 194 valence electrons. The molecule has 0 rings (SSSR count). The minimum atomic E-state index is -0.806. The van der Waals surface area contributed by atoms with E-state index in [2.05, 4.69) is 25.7 Å². The van der Waals surface area contributed by atoms with E-state index in [0.717, 1.165) is 25.7 Å². The lowest BCUT2D eigenvalue weighted by Gasteiger charge is -2.22. The predicted octanol–water partition coefficient (Wildman–Crippen LogP) is 6.75. The number of hydrogen-bond acceptors (Lipinski definition) is 4. The molecule has 0 aromatic heterocycles. The third kappa shape index (κ3) is 26.3. The molecular weight excluding hydrogens is 416 g/mol. The summed E-state index contributed by atoms with van der Waals surface area (Å²) >= 11 is 0. The van der Waals surface area contributed by atoms with Gasteiger partial charge in [-0.3, -0.25) is 4.79 Å². The molecule has 0 aliphatic rings. The van der Waals surface area contributed by atoms with E-state index in [1.165, 1.54) is 76.8 Å². The van der Waals surface area contributed by atoms with Crippen molar-refractivity contribution in [2.24, 2.45) is 5.73 Å². The number of rotatable bonds is 22. The molecule has 0 radical (unpaired) electrons. The minimum absolute atomic E-state index is 0.332. The van der Waals surface area contributed by atoms with Gasteiger partial charge in [-0.1, -0.05) is 77.0 Å². The molecule has 4 N–H and O–H groups in total. The Morgan fingerprint density at radius 2 is 1.36 bits per heavy atom. The van der Waals surface area contributed by atoms with Gasteiger partial charge in [-0.05, 0) is 64.1 Å². The van der Waals surface area contributed by atoms with Gasteiger partial charge in [0, 0.05) is 13.5 Å². The number of nitrogens with zero attached hydrogens (tertiary/aromatic N) is 1. The second-order valence-corrected chi connectivity index (χ2v) is 8.71. The maximum absolute atomic E-state index is 10.8. The number of likely N-dealkylation sites (N-methyl/N-ethyl adjacent to an activating group) is 1. The monoisotopic (exact) mass is 468 g/mol. The number of unbranched alkanes of at least 4 members (excludes halogenated alkanes) is 12. The largest absolute Gasteiger partial charge is 0.481 e. The molecule has 1 atom stereocenters. The molecule has 0 aromatic carbocycles. The SMILES string of the molecule is C=CN(C)C(CCCCN)C(=O)O.CCCCCCCC/C=C\CCCCCCCC(=O)O. The predicted molar refractivity (Wildman–Crippen MR) is 139 cm³/mol. The van der Waals surface area contributed by atoms with Crippen LogP contribution in [0, 0.1) is 0 Å². The first-order valence-electron chi connectivity index (χ1n) is 13.0. The summed E-state index contributed by atoms with van der Waals surface area (Å²) < 4.78 is 0. The van der Waals surface area contributed by atoms with Crippen molar-refractivity contribution in [3.63, 3.8) is 0 Å². The van der Waals surface area contributed by atoms with Crippen molar-refractivity contribution in [3.05, 3.63) is 24.9 Å². The molecule has 0 fully saturated rings. The summed E-state index contributed by atoms with van der Waals surface area (Å²) in [5.74, 6) is -1.47. The highest BCUT2D eigenvalue weighted by Gasteiger charge is 2.18. The number of carboxylic acid groups (broad SMARTS) is 2. The first kappa shape index (κ1) is 33.4. The van der Waals surface area contributed by atoms with Gasteiger partial charge in [-0.2, -0.15) is 0 Å². The average Bonchev–Trinajstić information content (AvgIpc) is 2.79. The molecule has 0 saturated carbocycles. The number of aliphatic carboxylic acids is 2. The van der Waals surface area contributed by atoms with E-state index in [4.69, 9.17) is 15.9 Å².